The van der Waals surface area contributed by atoms with E-state index < -0.39 is 0 Å². The molecule has 0 spiro atoms. The van der Waals surface area contributed by atoms with Crippen LogP contribution in [0.5, 0.6) is 0 Å². The first-order valence-corrected chi connectivity index (χ1v) is 10.7. The van der Waals surface area contributed by atoms with Crippen molar-refractivity contribution in [2.75, 3.05) is 13.1 Å². The summed E-state index contributed by atoms with van der Waals surface area (Å²) < 4.78 is 1.66. The molecule has 0 bridgehead atoms. The third kappa shape index (κ3) is 5.55. The number of thiazole rings is 1. The smallest absolute Gasteiger partial charge is 0.307 e. The zero-order valence-corrected chi connectivity index (χ0v) is 17.0. The Labute approximate surface area is 169 Å². The number of carbonyl (C=O) groups is 2. The zero-order valence-electron chi connectivity index (χ0n) is 16.2. The number of carbonyl (C=O) groups excluding carboxylic acids is 2. The summed E-state index contributed by atoms with van der Waals surface area (Å²) in [7, 11) is 0. The van der Waals surface area contributed by atoms with Gasteiger partial charge in [0.25, 0.3) is 0 Å². The van der Waals surface area contributed by atoms with Gasteiger partial charge in [-0.2, -0.15) is 0 Å². The Bertz CT molecular complexity index is 851. The first-order chi connectivity index (χ1) is 13.5. The highest BCUT2D eigenvalue weighted by atomic mass is 32.1. The SMILES string of the molecule is Cc1csc(=O)n1CCC(=O)N1CCC(NC(=O)CCc2ccccc2)CC1. The average molecular weight is 402 g/mol. The highest BCUT2D eigenvalue weighted by Crippen LogP contribution is 2.13. The molecule has 0 saturated carbocycles. The molecule has 0 unspecified atom stereocenters. The van der Waals surface area contributed by atoms with Crippen LogP contribution in [0.2, 0.25) is 0 Å². The van der Waals surface area contributed by atoms with Crippen LogP contribution in [0.1, 0.15) is 36.9 Å². The second-order valence-electron chi connectivity index (χ2n) is 7.25. The van der Waals surface area contributed by atoms with Crippen molar-refractivity contribution in [1.82, 2.24) is 14.8 Å². The molecule has 0 radical (unpaired) electrons. The van der Waals surface area contributed by atoms with Gasteiger partial charge >= 0.3 is 4.87 Å². The highest BCUT2D eigenvalue weighted by molar-refractivity contribution is 7.07. The van der Waals surface area contributed by atoms with E-state index in [1.807, 2.05) is 47.5 Å². The molecule has 1 N–H and O–H groups in total. The molecule has 1 saturated heterocycles. The number of nitrogens with zero attached hydrogens (tertiary/aromatic N) is 2. The Morgan fingerprint density at radius 1 is 1.14 bits per heavy atom. The summed E-state index contributed by atoms with van der Waals surface area (Å²) in [6, 6.07) is 10.1. The molecule has 6 nitrogen and oxygen atoms in total. The molecule has 1 aromatic carbocycles. The van der Waals surface area contributed by atoms with Gasteiger partial charge in [0.15, 0.2) is 0 Å². The van der Waals surface area contributed by atoms with Crippen molar-refractivity contribution >= 4 is 23.2 Å². The first-order valence-electron chi connectivity index (χ1n) is 9.79. The lowest BCUT2D eigenvalue weighted by Crippen LogP contribution is -2.46. The maximum absolute atomic E-state index is 12.4. The van der Waals surface area contributed by atoms with Crippen LogP contribution >= 0.6 is 11.3 Å². The molecule has 1 aliphatic rings. The van der Waals surface area contributed by atoms with Crippen LogP contribution in [0.15, 0.2) is 40.5 Å². The van der Waals surface area contributed by atoms with Gasteiger partial charge in [-0.3, -0.25) is 14.4 Å². The number of benzene rings is 1. The summed E-state index contributed by atoms with van der Waals surface area (Å²) in [4.78, 5) is 38.2. The maximum Gasteiger partial charge on any atom is 0.307 e. The number of piperidine rings is 1. The molecule has 1 aliphatic heterocycles. The average Bonchev–Trinajstić information content (AvgIpc) is 3.03. The topological polar surface area (TPSA) is 71.4 Å². The van der Waals surface area contributed by atoms with Crippen molar-refractivity contribution in [1.29, 1.82) is 0 Å². The molecule has 7 heteroatoms. The van der Waals surface area contributed by atoms with E-state index in [4.69, 9.17) is 0 Å². The monoisotopic (exact) mass is 401 g/mol. The second-order valence-corrected chi connectivity index (χ2v) is 8.07. The third-order valence-corrected chi connectivity index (χ3v) is 6.10. The molecule has 28 heavy (non-hydrogen) atoms. The third-order valence-electron chi connectivity index (χ3n) is 5.22. The molecular weight excluding hydrogens is 374 g/mol. The predicted octanol–water partition coefficient (Wildman–Crippen LogP) is 2.35. The number of likely N-dealkylation sites (tertiary alicyclic amines) is 1. The van der Waals surface area contributed by atoms with Crippen LogP contribution < -0.4 is 10.2 Å². The number of aromatic nitrogens is 1. The van der Waals surface area contributed by atoms with E-state index in [1.165, 1.54) is 11.3 Å². The predicted molar refractivity (Wildman–Crippen MR) is 110 cm³/mol. The fraction of sp³-hybridized carbons (Fsp3) is 0.476. The van der Waals surface area contributed by atoms with Crippen LogP contribution in [0.3, 0.4) is 0 Å². The molecule has 3 rings (SSSR count). The maximum atomic E-state index is 12.4. The molecule has 2 amide bonds. The number of aryl methyl sites for hydroxylation is 2. The van der Waals surface area contributed by atoms with E-state index in [0.29, 0.717) is 32.5 Å². The molecular formula is C21H27N3O3S. The van der Waals surface area contributed by atoms with Crippen molar-refractivity contribution in [3.8, 4) is 0 Å². The molecule has 2 aromatic rings. The number of hydrogen-bond donors (Lipinski definition) is 1. The number of nitrogens with one attached hydrogen (secondary N) is 1. The largest absolute Gasteiger partial charge is 0.353 e. The van der Waals surface area contributed by atoms with Gasteiger partial charge in [0.2, 0.25) is 11.8 Å². The molecule has 0 aliphatic carbocycles. The van der Waals surface area contributed by atoms with Gasteiger partial charge in [-0.25, -0.2) is 0 Å². The Kier molecular flexibility index (Phi) is 7.03. The Morgan fingerprint density at radius 3 is 2.50 bits per heavy atom. The van der Waals surface area contributed by atoms with E-state index >= 15 is 0 Å². The summed E-state index contributed by atoms with van der Waals surface area (Å²) in [5.41, 5.74) is 2.07. The Hall–Kier alpha value is -2.41. The van der Waals surface area contributed by atoms with Crippen molar-refractivity contribution in [3.63, 3.8) is 0 Å². The lowest BCUT2D eigenvalue weighted by molar-refractivity contribution is -0.132. The van der Waals surface area contributed by atoms with E-state index in [2.05, 4.69) is 5.32 Å². The van der Waals surface area contributed by atoms with Crippen LogP contribution in [-0.2, 0) is 22.6 Å². The quantitative estimate of drug-likeness (QED) is 0.774. The number of amides is 2. The van der Waals surface area contributed by atoms with E-state index in [1.54, 1.807) is 4.57 Å². The van der Waals surface area contributed by atoms with Crippen LogP contribution in [-0.4, -0.2) is 40.4 Å². The summed E-state index contributed by atoms with van der Waals surface area (Å²) >= 11 is 1.17. The standard InChI is InChI=1S/C21H27N3O3S/c1-16-15-28-21(27)24(16)14-11-20(26)23-12-9-18(10-13-23)22-19(25)8-7-17-5-3-2-4-6-17/h2-6,15,18H,7-14H2,1H3,(H,22,25). The molecule has 1 fully saturated rings. The summed E-state index contributed by atoms with van der Waals surface area (Å²) in [5.74, 6) is 0.146. The fourth-order valence-electron chi connectivity index (χ4n) is 3.52. The van der Waals surface area contributed by atoms with Gasteiger partial charge in [-0.1, -0.05) is 41.7 Å². The van der Waals surface area contributed by atoms with Crippen LogP contribution in [0.25, 0.3) is 0 Å². The van der Waals surface area contributed by atoms with Crippen LogP contribution in [0, 0.1) is 6.92 Å². The molecule has 150 valence electrons. The molecule has 0 atom stereocenters. The Morgan fingerprint density at radius 2 is 1.86 bits per heavy atom. The van der Waals surface area contributed by atoms with Gasteiger partial charge in [0.05, 0.1) is 0 Å². The minimum absolute atomic E-state index is 0.0118. The van der Waals surface area contributed by atoms with Crippen molar-refractivity contribution < 1.29 is 9.59 Å². The summed E-state index contributed by atoms with van der Waals surface area (Å²) in [6.07, 6.45) is 3.12. The van der Waals surface area contributed by atoms with Crippen molar-refractivity contribution in [2.45, 2.75) is 51.6 Å². The van der Waals surface area contributed by atoms with Crippen molar-refractivity contribution in [3.05, 3.63) is 56.6 Å². The Balaban J connectivity index is 1.37. The minimum atomic E-state index is -0.0118. The zero-order chi connectivity index (χ0) is 19.9. The van der Waals surface area contributed by atoms with E-state index in [0.717, 1.165) is 30.5 Å². The van der Waals surface area contributed by atoms with Crippen LogP contribution in [0.4, 0.5) is 0 Å². The molecule has 2 heterocycles. The van der Waals surface area contributed by atoms with Gasteiger partial charge in [-0.15, -0.1) is 0 Å². The van der Waals surface area contributed by atoms with Gasteiger partial charge < -0.3 is 14.8 Å². The van der Waals surface area contributed by atoms with E-state index in [-0.39, 0.29) is 22.7 Å². The van der Waals surface area contributed by atoms with E-state index in [9.17, 15) is 14.4 Å². The van der Waals surface area contributed by atoms with Crippen molar-refractivity contribution in [2.24, 2.45) is 0 Å². The summed E-state index contributed by atoms with van der Waals surface area (Å²) in [6.45, 7) is 3.62. The lowest BCUT2D eigenvalue weighted by Gasteiger charge is -2.32. The van der Waals surface area contributed by atoms with Gasteiger partial charge in [0, 0.05) is 49.6 Å². The van der Waals surface area contributed by atoms with Gasteiger partial charge in [-0.05, 0) is 31.7 Å². The first kappa shape index (κ1) is 20.3. The number of hydrogen-bond acceptors (Lipinski definition) is 4. The molecule has 1 aromatic heterocycles. The lowest BCUT2D eigenvalue weighted by atomic mass is 10.0. The van der Waals surface area contributed by atoms with Gasteiger partial charge in [0.1, 0.15) is 0 Å². The fourth-order valence-corrected chi connectivity index (χ4v) is 4.28. The summed E-state index contributed by atoms with van der Waals surface area (Å²) in [5, 5.41) is 4.92. The normalized spacial score (nSPS) is 14.8. The minimum Gasteiger partial charge on any atom is -0.353 e. The highest BCUT2D eigenvalue weighted by Gasteiger charge is 2.23. The second kappa shape index (κ2) is 9.68. The number of rotatable bonds is 7.